The number of nitrogens with zero attached hydrogens (tertiary/aromatic N) is 1. The number of rotatable bonds is 3. The molecule has 0 saturated heterocycles. The third-order valence-corrected chi connectivity index (χ3v) is 3.64. The minimum Gasteiger partial charge on any atom is -0.496 e. The predicted molar refractivity (Wildman–Crippen MR) is 78.7 cm³/mol. The molecule has 0 spiro atoms. The van der Waals surface area contributed by atoms with E-state index in [1.807, 2.05) is 37.4 Å². The number of aromatic nitrogens is 1. The van der Waals surface area contributed by atoms with E-state index in [9.17, 15) is 4.39 Å². The van der Waals surface area contributed by atoms with Crippen LogP contribution in [0.15, 0.2) is 48.7 Å². The number of ether oxygens (including phenoxy) is 1. The van der Waals surface area contributed by atoms with Crippen molar-refractivity contribution in [2.75, 3.05) is 7.11 Å². The Labute approximate surface area is 117 Å². The number of aryl methyl sites for hydroxylation is 1. The quantitative estimate of drug-likeness (QED) is 0.697. The largest absolute Gasteiger partial charge is 0.496 e. The van der Waals surface area contributed by atoms with Gasteiger partial charge in [-0.1, -0.05) is 12.1 Å². The van der Waals surface area contributed by atoms with Gasteiger partial charge in [0.15, 0.2) is 0 Å². The van der Waals surface area contributed by atoms with Crippen LogP contribution in [0, 0.1) is 12.7 Å². The van der Waals surface area contributed by atoms with Crippen LogP contribution < -0.4 is 4.74 Å². The number of hydrogen-bond acceptors (Lipinski definition) is 1. The van der Waals surface area contributed by atoms with Gasteiger partial charge in [0, 0.05) is 18.1 Å². The molecule has 0 aliphatic rings. The van der Waals surface area contributed by atoms with Crippen LogP contribution in [0.4, 0.5) is 4.39 Å². The molecule has 0 unspecified atom stereocenters. The maximum Gasteiger partial charge on any atom is 0.128 e. The zero-order valence-corrected chi connectivity index (χ0v) is 11.6. The lowest BCUT2D eigenvalue weighted by atomic mass is 10.1. The first-order valence-electron chi connectivity index (χ1n) is 6.56. The van der Waals surface area contributed by atoms with E-state index in [0.717, 1.165) is 34.3 Å². The van der Waals surface area contributed by atoms with E-state index < -0.39 is 0 Å². The number of methoxy groups -OCH3 is 1. The first-order valence-corrected chi connectivity index (χ1v) is 6.56. The van der Waals surface area contributed by atoms with Crippen molar-refractivity contribution in [3.8, 4) is 5.75 Å². The smallest absolute Gasteiger partial charge is 0.128 e. The molecule has 0 aliphatic heterocycles. The van der Waals surface area contributed by atoms with Crippen molar-refractivity contribution < 1.29 is 9.13 Å². The van der Waals surface area contributed by atoms with Gasteiger partial charge in [-0.2, -0.15) is 0 Å². The van der Waals surface area contributed by atoms with Crippen LogP contribution in [0.3, 0.4) is 0 Å². The molecule has 0 bridgehead atoms. The van der Waals surface area contributed by atoms with Crippen molar-refractivity contribution in [3.63, 3.8) is 0 Å². The Kier molecular flexibility index (Phi) is 3.18. The van der Waals surface area contributed by atoms with Gasteiger partial charge in [-0.3, -0.25) is 0 Å². The lowest BCUT2D eigenvalue weighted by Crippen LogP contribution is -2.00. The normalized spacial score (nSPS) is 10.9. The molecule has 0 aliphatic carbocycles. The fourth-order valence-electron chi connectivity index (χ4n) is 2.53. The Balaban J connectivity index is 2.03. The van der Waals surface area contributed by atoms with Crippen LogP contribution in [-0.2, 0) is 6.54 Å². The van der Waals surface area contributed by atoms with Gasteiger partial charge in [-0.05, 0) is 48.4 Å². The number of hydrogen-bond donors (Lipinski definition) is 0. The van der Waals surface area contributed by atoms with Crippen LogP contribution in [-0.4, -0.2) is 11.7 Å². The Morgan fingerprint density at radius 3 is 2.75 bits per heavy atom. The van der Waals surface area contributed by atoms with E-state index in [1.165, 1.54) is 6.07 Å². The van der Waals surface area contributed by atoms with E-state index >= 15 is 0 Å². The Morgan fingerprint density at radius 1 is 1.15 bits per heavy atom. The zero-order valence-electron chi connectivity index (χ0n) is 11.6. The zero-order chi connectivity index (χ0) is 14.1. The highest BCUT2D eigenvalue weighted by molar-refractivity contribution is 5.86. The lowest BCUT2D eigenvalue weighted by Gasteiger charge is -2.09. The minimum absolute atomic E-state index is 0.190. The molecule has 1 aromatic heterocycles. The molecule has 3 heteroatoms. The summed E-state index contributed by atoms with van der Waals surface area (Å²) in [4.78, 5) is 0. The molecule has 2 nitrogen and oxygen atoms in total. The number of benzene rings is 2. The topological polar surface area (TPSA) is 14.2 Å². The monoisotopic (exact) mass is 269 g/mol. The standard InChI is InChI=1S/C17H16FNO/c1-12-10-14(18)7-6-13(12)11-19-9-8-15-16(19)4-3-5-17(15)20-2/h3-10H,11H2,1-2H3. The first kappa shape index (κ1) is 12.7. The van der Waals surface area contributed by atoms with Gasteiger partial charge in [0.2, 0.25) is 0 Å². The second-order valence-corrected chi connectivity index (χ2v) is 4.91. The maximum atomic E-state index is 13.2. The number of halogens is 1. The molecule has 0 atom stereocenters. The van der Waals surface area contributed by atoms with Crippen LogP contribution in [0.25, 0.3) is 10.9 Å². The van der Waals surface area contributed by atoms with Gasteiger partial charge in [0.25, 0.3) is 0 Å². The van der Waals surface area contributed by atoms with Crippen molar-refractivity contribution in [1.29, 1.82) is 0 Å². The SMILES string of the molecule is COc1cccc2c1ccn2Cc1ccc(F)cc1C. The maximum absolute atomic E-state index is 13.2. The minimum atomic E-state index is -0.190. The molecular weight excluding hydrogens is 253 g/mol. The summed E-state index contributed by atoms with van der Waals surface area (Å²) in [6, 6.07) is 13.0. The molecule has 3 rings (SSSR count). The molecule has 20 heavy (non-hydrogen) atoms. The molecule has 102 valence electrons. The number of fused-ring (bicyclic) bond motifs is 1. The third-order valence-electron chi connectivity index (χ3n) is 3.64. The van der Waals surface area contributed by atoms with Crippen LogP contribution in [0.1, 0.15) is 11.1 Å². The van der Waals surface area contributed by atoms with Crippen molar-refractivity contribution in [2.45, 2.75) is 13.5 Å². The molecular formula is C17H16FNO. The average Bonchev–Trinajstić information content (AvgIpc) is 2.85. The summed E-state index contributed by atoms with van der Waals surface area (Å²) in [5.74, 6) is 0.683. The van der Waals surface area contributed by atoms with Gasteiger partial charge in [-0.25, -0.2) is 4.39 Å². The fraction of sp³-hybridized carbons (Fsp3) is 0.176. The summed E-state index contributed by atoms with van der Waals surface area (Å²) >= 11 is 0. The molecule has 0 fully saturated rings. The second-order valence-electron chi connectivity index (χ2n) is 4.91. The van der Waals surface area contributed by atoms with Gasteiger partial charge < -0.3 is 9.30 Å². The Bertz CT molecular complexity index is 761. The van der Waals surface area contributed by atoms with Gasteiger partial charge >= 0.3 is 0 Å². The van der Waals surface area contributed by atoms with E-state index in [-0.39, 0.29) is 5.82 Å². The van der Waals surface area contributed by atoms with Gasteiger partial charge in [0.05, 0.1) is 12.6 Å². The van der Waals surface area contributed by atoms with Crippen molar-refractivity contribution in [3.05, 3.63) is 65.6 Å². The predicted octanol–water partition coefficient (Wildman–Crippen LogP) is 4.15. The first-order chi connectivity index (χ1) is 9.69. The average molecular weight is 269 g/mol. The van der Waals surface area contributed by atoms with Crippen LogP contribution >= 0.6 is 0 Å². The summed E-state index contributed by atoms with van der Waals surface area (Å²) in [5.41, 5.74) is 3.20. The molecule has 1 heterocycles. The van der Waals surface area contributed by atoms with E-state index in [4.69, 9.17) is 4.74 Å². The summed E-state index contributed by atoms with van der Waals surface area (Å²) in [6.07, 6.45) is 2.04. The highest BCUT2D eigenvalue weighted by Crippen LogP contribution is 2.27. The third kappa shape index (κ3) is 2.16. The second kappa shape index (κ2) is 5.00. The highest BCUT2D eigenvalue weighted by atomic mass is 19.1. The molecule has 2 aromatic carbocycles. The lowest BCUT2D eigenvalue weighted by molar-refractivity contribution is 0.420. The van der Waals surface area contributed by atoms with Gasteiger partial charge in [-0.15, -0.1) is 0 Å². The summed E-state index contributed by atoms with van der Waals surface area (Å²) < 4.78 is 20.7. The molecule has 0 N–H and O–H groups in total. The Hall–Kier alpha value is -2.29. The van der Waals surface area contributed by atoms with Crippen molar-refractivity contribution >= 4 is 10.9 Å². The molecule has 0 saturated carbocycles. The van der Waals surface area contributed by atoms with E-state index in [1.54, 1.807) is 13.2 Å². The van der Waals surface area contributed by atoms with Crippen molar-refractivity contribution in [2.24, 2.45) is 0 Å². The van der Waals surface area contributed by atoms with E-state index in [2.05, 4.69) is 10.6 Å². The Morgan fingerprint density at radius 2 is 2.00 bits per heavy atom. The van der Waals surface area contributed by atoms with Crippen LogP contribution in [0.5, 0.6) is 5.75 Å². The molecule has 0 amide bonds. The van der Waals surface area contributed by atoms with Crippen molar-refractivity contribution in [1.82, 2.24) is 4.57 Å². The summed E-state index contributed by atoms with van der Waals surface area (Å²) in [5, 5.41) is 1.09. The molecule has 0 radical (unpaired) electrons. The fourth-order valence-corrected chi connectivity index (χ4v) is 2.53. The highest BCUT2D eigenvalue weighted by Gasteiger charge is 2.07. The van der Waals surface area contributed by atoms with Gasteiger partial charge in [0.1, 0.15) is 11.6 Å². The molecule has 3 aromatic rings. The van der Waals surface area contributed by atoms with Crippen LogP contribution in [0.2, 0.25) is 0 Å². The summed E-state index contributed by atoms with van der Waals surface area (Å²) in [6.45, 7) is 2.66. The van der Waals surface area contributed by atoms with E-state index in [0.29, 0.717) is 0 Å². The summed E-state index contributed by atoms with van der Waals surface area (Å²) in [7, 11) is 1.68.